The van der Waals surface area contributed by atoms with Crippen LogP contribution >= 0.6 is 0 Å². The summed E-state index contributed by atoms with van der Waals surface area (Å²) >= 11 is 0. The molecular formula is C11H20N2O3. The Bertz CT molecular complexity index is 298. The van der Waals surface area contributed by atoms with Gasteiger partial charge in [0.25, 0.3) is 0 Å². The zero-order valence-electron chi connectivity index (χ0n) is 10.4. The first-order valence-corrected chi connectivity index (χ1v) is 5.52. The summed E-state index contributed by atoms with van der Waals surface area (Å²) in [6.07, 6.45) is 3.18. The summed E-state index contributed by atoms with van der Waals surface area (Å²) in [6, 6.07) is 0.0524. The largest absolute Gasteiger partial charge is 0.480 e. The second-order valence-electron chi connectivity index (χ2n) is 4.90. The van der Waals surface area contributed by atoms with E-state index < -0.39 is 11.5 Å². The van der Waals surface area contributed by atoms with Crippen LogP contribution in [0.2, 0.25) is 0 Å². The summed E-state index contributed by atoms with van der Waals surface area (Å²) in [6.45, 7) is 3.06. The zero-order valence-corrected chi connectivity index (χ0v) is 10.4. The normalized spacial score (nSPS) is 16.5. The monoisotopic (exact) mass is 228 g/mol. The third-order valence-corrected chi connectivity index (χ3v) is 3.57. The Kier molecular flexibility index (Phi) is 3.45. The van der Waals surface area contributed by atoms with Gasteiger partial charge in [-0.2, -0.15) is 0 Å². The van der Waals surface area contributed by atoms with Gasteiger partial charge in [-0.3, -0.25) is 0 Å². The lowest BCUT2D eigenvalue weighted by molar-refractivity contribution is -0.147. The number of carboxylic acid groups (broad SMARTS) is 1. The Balaban J connectivity index is 2.69. The molecule has 1 saturated carbocycles. The van der Waals surface area contributed by atoms with Crippen LogP contribution in [-0.2, 0) is 4.79 Å². The van der Waals surface area contributed by atoms with Gasteiger partial charge in [0.2, 0.25) is 0 Å². The number of urea groups is 1. The molecule has 1 aliphatic rings. The summed E-state index contributed by atoms with van der Waals surface area (Å²) in [5, 5.41) is 9.04. The van der Waals surface area contributed by atoms with E-state index >= 15 is 0 Å². The van der Waals surface area contributed by atoms with Gasteiger partial charge in [0.05, 0.1) is 0 Å². The summed E-state index contributed by atoms with van der Waals surface area (Å²) < 4.78 is 0. The predicted octanol–water partition coefficient (Wildman–Crippen LogP) is 1.39. The van der Waals surface area contributed by atoms with Crippen LogP contribution in [0.25, 0.3) is 0 Å². The standard InChI is InChI=1S/C11H20N2O3/c1-11(2,9(14)15)13(4)10(16)12(3)8-6-5-7-8/h8H,5-7H2,1-4H3,(H,14,15). The minimum atomic E-state index is -1.17. The van der Waals surface area contributed by atoms with E-state index in [0.29, 0.717) is 0 Å². The van der Waals surface area contributed by atoms with Gasteiger partial charge in [-0.1, -0.05) is 0 Å². The van der Waals surface area contributed by atoms with Crippen LogP contribution in [0.15, 0.2) is 0 Å². The molecular weight excluding hydrogens is 208 g/mol. The molecule has 16 heavy (non-hydrogen) atoms. The van der Waals surface area contributed by atoms with E-state index in [0.717, 1.165) is 19.3 Å². The van der Waals surface area contributed by atoms with Crippen molar-refractivity contribution in [1.29, 1.82) is 0 Å². The van der Waals surface area contributed by atoms with Crippen LogP contribution in [0.4, 0.5) is 4.79 Å². The van der Waals surface area contributed by atoms with E-state index in [2.05, 4.69) is 0 Å². The number of carboxylic acids is 1. The molecule has 0 aliphatic heterocycles. The van der Waals surface area contributed by atoms with Crippen molar-refractivity contribution in [2.24, 2.45) is 0 Å². The molecule has 0 aromatic carbocycles. The van der Waals surface area contributed by atoms with E-state index in [-0.39, 0.29) is 12.1 Å². The topological polar surface area (TPSA) is 60.9 Å². The first-order valence-electron chi connectivity index (χ1n) is 5.52. The van der Waals surface area contributed by atoms with E-state index in [1.54, 1.807) is 11.9 Å². The molecule has 0 unspecified atom stereocenters. The van der Waals surface area contributed by atoms with Crippen molar-refractivity contribution in [3.8, 4) is 0 Å². The Morgan fingerprint density at radius 1 is 1.25 bits per heavy atom. The maximum absolute atomic E-state index is 12.0. The highest BCUT2D eigenvalue weighted by Crippen LogP contribution is 2.25. The second-order valence-corrected chi connectivity index (χ2v) is 4.90. The smallest absolute Gasteiger partial charge is 0.329 e. The lowest BCUT2D eigenvalue weighted by atomic mass is 9.92. The zero-order chi connectivity index (χ0) is 12.5. The van der Waals surface area contributed by atoms with E-state index in [4.69, 9.17) is 5.11 Å². The molecule has 0 heterocycles. The van der Waals surface area contributed by atoms with Gasteiger partial charge >= 0.3 is 12.0 Å². The number of nitrogens with zero attached hydrogens (tertiary/aromatic N) is 2. The van der Waals surface area contributed by atoms with Crippen molar-refractivity contribution >= 4 is 12.0 Å². The molecule has 0 spiro atoms. The van der Waals surface area contributed by atoms with Crippen LogP contribution in [0, 0.1) is 0 Å². The number of carbonyl (C=O) groups is 2. The van der Waals surface area contributed by atoms with Crippen LogP contribution in [0.1, 0.15) is 33.1 Å². The van der Waals surface area contributed by atoms with Gasteiger partial charge < -0.3 is 14.9 Å². The molecule has 5 nitrogen and oxygen atoms in total. The van der Waals surface area contributed by atoms with Gasteiger partial charge in [-0.25, -0.2) is 9.59 Å². The fourth-order valence-corrected chi connectivity index (χ4v) is 1.55. The molecule has 0 atom stereocenters. The fraction of sp³-hybridized carbons (Fsp3) is 0.818. The molecule has 2 amide bonds. The number of aliphatic carboxylic acids is 1. The summed E-state index contributed by atoms with van der Waals surface area (Å²) in [7, 11) is 3.27. The van der Waals surface area contributed by atoms with Gasteiger partial charge in [0.15, 0.2) is 0 Å². The average Bonchev–Trinajstić information content (AvgIpc) is 2.12. The molecule has 0 bridgehead atoms. The lowest BCUT2D eigenvalue weighted by Crippen LogP contribution is -2.56. The molecule has 1 aliphatic carbocycles. The van der Waals surface area contributed by atoms with Crippen LogP contribution in [-0.4, -0.2) is 52.6 Å². The Morgan fingerprint density at radius 3 is 2.06 bits per heavy atom. The van der Waals surface area contributed by atoms with Crippen LogP contribution in [0.3, 0.4) is 0 Å². The van der Waals surface area contributed by atoms with Crippen LogP contribution < -0.4 is 0 Å². The van der Waals surface area contributed by atoms with Crippen molar-refractivity contribution in [1.82, 2.24) is 9.80 Å². The number of hydrogen-bond acceptors (Lipinski definition) is 2. The van der Waals surface area contributed by atoms with Crippen LogP contribution in [0.5, 0.6) is 0 Å². The quantitative estimate of drug-likeness (QED) is 0.794. The molecule has 1 rings (SSSR count). The molecule has 5 heteroatoms. The first kappa shape index (κ1) is 12.8. The number of carbonyl (C=O) groups excluding carboxylic acids is 1. The number of amides is 2. The third-order valence-electron chi connectivity index (χ3n) is 3.57. The van der Waals surface area contributed by atoms with Gasteiger partial charge in [0, 0.05) is 20.1 Å². The third kappa shape index (κ3) is 2.13. The molecule has 92 valence electrons. The molecule has 0 radical (unpaired) electrons. The van der Waals surface area contributed by atoms with E-state index in [9.17, 15) is 9.59 Å². The molecule has 1 fully saturated rings. The van der Waals surface area contributed by atoms with Gasteiger partial charge in [-0.15, -0.1) is 0 Å². The van der Waals surface area contributed by atoms with E-state index in [1.165, 1.54) is 25.8 Å². The minimum absolute atomic E-state index is 0.225. The number of likely N-dealkylation sites (N-methyl/N-ethyl adjacent to an activating group) is 1. The van der Waals surface area contributed by atoms with Crippen molar-refractivity contribution in [3.63, 3.8) is 0 Å². The van der Waals surface area contributed by atoms with Gasteiger partial charge in [-0.05, 0) is 33.1 Å². The van der Waals surface area contributed by atoms with Crippen molar-refractivity contribution in [2.45, 2.75) is 44.7 Å². The van der Waals surface area contributed by atoms with Crippen molar-refractivity contribution < 1.29 is 14.7 Å². The minimum Gasteiger partial charge on any atom is -0.480 e. The molecule has 0 aromatic heterocycles. The SMILES string of the molecule is CN(C(=O)N(C)C(C)(C)C(=O)O)C1CCC1. The second kappa shape index (κ2) is 4.31. The predicted molar refractivity (Wildman–Crippen MR) is 60.3 cm³/mol. The fourth-order valence-electron chi connectivity index (χ4n) is 1.55. The van der Waals surface area contributed by atoms with Crippen molar-refractivity contribution in [2.75, 3.05) is 14.1 Å². The Morgan fingerprint density at radius 2 is 1.75 bits per heavy atom. The number of rotatable bonds is 3. The number of hydrogen-bond donors (Lipinski definition) is 1. The van der Waals surface area contributed by atoms with Gasteiger partial charge in [0.1, 0.15) is 5.54 Å². The average molecular weight is 228 g/mol. The molecule has 0 aromatic rings. The highest BCUT2D eigenvalue weighted by atomic mass is 16.4. The Hall–Kier alpha value is -1.26. The summed E-state index contributed by atoms with van der Waals surface area (Å²) in [4.78, 5) is 26.0. The molecule has 1 N–H and O–H groups in total. The maximum atomic E-state index is 12.0. The molecule has 0 saturated heterocycles. The first-order chi connectivity index (χ1) is 7.28. The highest BCUT2D eigenvalue weighted by Gasteiger charge is 2.38. The highest BCUT2D eigenvalue weighted by molar-refractivity contribution is 5.85. The lowest BCUT2D eigenvalue weighted by Gasteiger charge is -2.40. The Labute approximate surface area is 96.0 Å². The summed E-state index contributed by atoms with van der Waals surface area (Å²) in [5.41, 5.74) is -1.17. The van der Waals surface area contributed by atoms with E-state index in [1.807, 2.05) is 0 Å². The van der Waals surface area contributed by atoms with Crippen molar-refractivity contribution in [3.05, 3.63) is 0 Å². The maximum Gasteiger partial charge on any atom is 0.329 e. The summed E-state index contributed by atoms with van der Waals surface area (Å²) in [5.74, 6) is -0.995.